The molecule has 1 aromatic carbocycles. The lowest BCUT2D eigenvalue weighted by Crippen LogP contribution is -2.36. The second-order valence-electron chi connectivity index (χ2n) is 3.88. The standard InChI is InChI=1S/C11H12F3NO3/c1-5-4-6(11(12,13)14)2-3-7(5)9(16)8(15)10(17)18/h2-4,8-9,16H,15H2,1H3,(H,17,18). The first kappa shape index (κ1) is 14.5. The van der Waals surface area contributed by atoms with Crippen LogP contribution in [0.1, 0.15) is 22.8 Å². The minimum absolute atomic E-state index is 0.0675. The lowest BCUT2D eigenvalue weighted by atomic mass is 9.96. The minimum atomic E-state index is -4.48. The molecule has 0 heterocycles. The molecule has 0 spiro atoms. The van der Waals surface area contributed by atoms with E-state index in [0.717, 1.165) is 18.2 Å². The molecule has 4 nitrogen and oxygen atoms in total. The van der Waals surface area contributed by atoms with Gasteiger partial charge in [0.1, 0.15) is 12.1 Å². The molecule has 0 bridgehead atoms. The third-order valence-corrected chi connectivity index (χ3v) is 2.54. The Morgan fingerprint density at radius 3 is 2.33 bits per heavy atom. The number of hydrogen-bond donors (Lipinski definition) is 3. The summed E-state index contributed by atoms with van der Waals surface area (Å²) in [6.45, 7) is 1.35. The van der Waals surface area contributed by atoms with Gasteiger partial charge in [-0.05, 0) is 30.2 Å². The van der Waals surface area contributed by atoms with Crippen molar-refractivity contribution in [3.63, 3.8) is 0 Å². The van der Waals surface area contributed by atoms with Crippen LogP contribution >= 0.6 is 0 Å². The number of aliphatic hydroxyl groups is 1. The Bertz CT molecular complexity index is 459. The molecule has 2 unspecified atom stereocenters. The van der Waals surface area contributed by atoms with E-state index in [1.807, 2.05) is 0 Å². The van der Waals surface area contributed by atoms with Crippen LogP contribution in [0.4, 0.5) is 13.2 Å². The van der Waals surface area contributed by atoms with E-state index in [4.69, 9.17) is 10.8 Å². The highest BCUT2D eigenvalue weighted by molar-refractivity contribution is 5.74. The fraction of sp³-hybridized carbons (Fsp3) is 0.364. The van der Waals surface area contributed by atoms with Gasteiger partial charge in [0, 0.05) is 0 Å². The fourth-order valence-electron chi connectivity index (χ4n) is 1.51. The molecule has 0 aromatic heterocycles. The van der Waals surface area contributed by atoms with Gasteiger partial charge in [-0.1, -0.05) is 6.07 Å². The summed E-state index contributed by atoms with van der Waals surface area (Å²) in [6.07, 6.45) is -6.03. The van der Waals surface area contributed by atoms with Crippen molar-refractivity contribution in [1.82, 2.24) is 0 Å². The van der Waals surface area contributed by atoms with Crippen molar-refractivity contribution >= 4 is 5.97 Å². The zero-order valence-electron chi connectivity index (χ0n) is 9.40. The SMILES string of the molecule is Cc1cc(C(F)(F)F)ccc1C(O)C(N)C(=O)O. The molecule has 1 rings (SSSR count). The van der Waals surface area contributed by atoms with E-state index in [-0.39, 0.29) is 11.1 Å². The second kappa shape index (κ2) is 4.95. The summed E-state index contributed by atoms with van der Waals surface area (Å²) in [6, 6.07) is 1.07. The number of carboxylic acid groups (broad SMARTS) is 1. The van der Waals surface area contributed by atoms with E-state index in [9.17, 15) is 23.1 Å². The quantitative estimate of drug-likeness (QED) is 0.770. The van der Waals surface area contributed by atoms with Crippen LogP contribution in [-0.2, 0) is 11.0 Å². The molecule has 0 saturated carbocycles. The number of carboxylic acids is 1. The molecule has 1 aromatic rings. The highest BCUT2D eigenvalue weighted by Crippen LogP contribution is 2.32. The van der Waals surface area contributed by atoms with Crippen LogP contribution in [-0.4, -0.2) is 22.2 Å². The van der Waals surface area contributed by atoms with E-state index < -0.39 is 29.9 Å². The molecule has 0 aliphatic carbocycles. The maximum absolute atomic E-state index is 12.4. The molecule has 7 heteroatoms. The third-order valence-electron chi connectivity index (χ3n) is 2.54. The number of benzene rings is 1. The summed E-state index contributed by atoms with van der Waals surface area (Å²) < 4.78 is 37.2. The van der Waals surface area contributed by atoms with Gasteiger partial charge in [0.05, 0.1) is 5.56 Å². The van der Waals surface area contributed by atoms with Crippen LogP contribution < -0.4 is 5.73 Å². The van der Waals surface area contributed by atoms with Crippen molar-refractivity contribution in [2.24, 2.45) is 5.73 Å². The monoisotopic (exact) mass is 263 g/mol. The summed E-state index contributed by atoms with van der Waals surface area (Å²) in [5.74, 6) is -1.43. The lowest BCUT2D eigenvalue weighted by Gasteiger charge is -2.18. The first-order valence-electron chi connectivity index (χ1n) is 4.98. The maximum Gasteiger partial charge on any atom is 0.416 e. The topological polar surface area (TPSA) is 83.5 Å². The average molecular weight is 263 g/mol. The van der Waals surface area contributed by atoms with Gasteiger partial charge in [0.15, 0.2) is 0 Å². The van der Waals surface area contributed by atoms with Crippen LogP contribution in [0.15, 0.2) is 18.2 Å². The Hall–Kier alpha value is -1.60. The number of carbonyl (C=O) groups is 1. The van der Waals surface area contributed by atoms with E-state index in [0.29, 0.717) is 0 Å². The largest absolute Gasteiger partial charge is 0.480 e. The maximum atomic E-state index is 12.4. The molecular formula is C11H12F3NO3. The summed E-state index contributed by atoms with van der Waals surface area (Å²) >= 11 is 0. The Balaban J connectivity index is 3.10. The molecule has 0 radical (unpaired) electrons. The Morgan fingerprint density at radius 2 is 1.94 bits per heavy atom. The fourth-order valence-corrected chi connectivity index (χ4v) is 1.51. The van der Waals surface area contributed by atoms with Gasteiger partial charge < -0.3 is 15.9 Å². The van der Waals surface area contributed by atoms with E-state index in [1.165, 1.54) is 6.92 Å². The average Bonchev–Trinajstić information content (AvgIpc) is 2.25. The number of aliphatic carboxylic acids is 1. The summed E-state index contributed by atoms with van der Waals surface area (Å²) in [5, 5.41) is 18.3. The molecule has 0 aliphatic heterocycles. The van der Waals surface area contributed by atoms with E-state index in [1.54, 1.807) is 0 Å². The number of alkyl halides is 3. The number of rotatable bonds is 3. The molecule has 0 amide bonds. The highest BCUT2D eigenvalue weighted by atomic mass is 19.4. The Labute approximate surface area is 101 Å². The summed E-state index contributed by atoms with van der Waals surface area (Å²) in [5.41, 5.74) is 4.55. The zero-order chi connectivity index (χ0) is 14.1. The van der Waals surface area contributed by atoms with Crippen molar-refractivity contribution in [3.8, 4) is 0 Å². The lowest BCUT2D eigenvalue weighted by molar-refractivity contribution is -0.141. The van der Waals surface area contributed by atoms with Crippen LogP contribution in [0.5, 0.6) is 0 Å². The second-order valence-corrected chi connectivity index (χ2v) is 3.88. The smallest absolute Gasteiger partial charge is 0.416 e. The zero-order valence-corrected chi connectivity index (χ0v) is 9.40. The van der Waals surface area contributed by atoms with Crippen molar-refractivity contribution in [2.75, 3.05) is 0 Å². The van der Waals surface area contributed by atoms with Crippen LogP contribution in [0.3, 0.4) is 0 Å². The summed E-state index contributed by atoms with van der Waals surface area (Å²) in [4.78, 5) is 10.6. The third kappa shape index (κ3) is 2.99. The minimum Gasteiger partial charge on any atom is -0.480 e. The molecule has 18 heavy (non-hydrogen) atoms. The first-order chi connectivity index (χ1) is 8.14. The number of aryl methyl sites for hydroxylation is 1. The molecule has 4 N–H and O–H groups in total. The van der Waals surface area contributed by atoms with Gasteiger partial charge in [-0.3, -0.25) is 4.79 Å². The van der Waals surface area contributed by atoms with Crippen molar-refractivity contribution < 1.29 is 28.2 Å². The normalized spacial score (nSPS) is 15.2. The number of aliphatic hydroxyl groups excluding tert-OH is 1. The number of halogens is 3. The van der Waals surface area contributed by atoms with Gasteiger partial charge in [-0.15, -0.1) is 0 Å². The highest BCUT2D eigenvalue weighted by Gasteiger charge is 2.32. The van der Waals surface area contributed by atoms with Crippen LogP contribution in [0.25, 0.3) is 0 Å². The molecular weight excluding hydrogens is 251 g/mol. The summed E-state index contributed by atoms with van der Waals surface area (Å²) in [7, 11) is 0. The van der Waals surface area contributed by atoms with Crippen LogP contribution in [0, 0.1) is 6.92 Å². The van der Waals surface area contributed by atoms with Gasteiger partial charge in [0.25, 0.3) is 0 Å². The molecule has 0 saturated heterocycles. The predicted molar refractivity (Wildman–Crippen MR) is 56.8 cm³/mol. The van der Waals surface area contributed by atoms with Crippen molar-refractivity contribution in [1.29, 1.82) is 0 Å². The van der Waals surface area contributed by atoms with Gasteiger partial charge in [0.2, 0.25) is 0 Å². The Kier molecular flexibility index (Phi) is 3.98. The van der Waals surface area contributed by atoms with Crippen molar-refractivity contribution in [2.45, 2.75) is 25.2 Å². The van der Waals surface area contributed by atoms with Gasteiger partial charge in [-0.25, -0.2) is 0 Å². The van der Waals surface area contributed by atoms with Crippen molar-refractivity contribution in [3.05, 3.63) is 34.9 Å². The number of nitrogens with two attached hydrogens (primary N) is 1. The van der Waals surface area contributed by atoms with Crippen LogP contribution in [0.2, 0.25) is 0 Å². The van der Waals surface area contributed by atoms with E-state index in [2.05, 4.69) is 0 Å². The molecule has 0 aliphatic rings. The van der Waals surface area contributed by atoms with Gasteiger partial charge in [-0.2, -0.15) is 13.2 Å². The Morgan fingerprint density at radius 1 is 1.39 bits per heavy atom. The molecule has 0 fully saturated rings. The van der Waals surface area contributed by atoms with Gasteiger partial charge >= 0.3 is 12.1 Å². The number of hydrogen-bond acceptors (Lipinski definition) is 3. The predicted octanol–water partition coefficient (Wildman–Crippen LogP) is 1.46. The molecule has 2 atom stereocenters. The first-order valence-corrected chi connectivity index (χ1v) is 4.98. The molecule has 100 valence electrons. The van der Waals surface area contributed by atoms with E-state index >= 15 is 0 Å².